The van der Waals surface area contributed by atoms with Gasteiger partial charge in [-0.15, -0.1) is 0 Å². The van der Waals surface area contributed by atoms with Gasteiger partial charge in [0.05, 0.1) is 11.4 Å². The number of nitrogens with zero attached hydrogens (tertiary/aromatic N) is 3. The SMILES string of the molecule is CNCc1cc(-c2ccccc2F)n(S(=O)(=O)CC=Cc2cccnc2)c1C#N. The fraction of sp³-hybridized carbons (Fsp3) is 0.143. The Morgan fingerprint density at radius 3 is 2.72 bits per heavy atom. The monoisotopic (exact) mass is 410 g/mol. The van der Waals surface area contributed by atoms with E-state index in [-0.39, 0.29) is 29.2 Å². The second kappa shape index (κ2) is 8.82. The maximum absolute atomic E-state index is 14.4. The Labute approximate surface area is 169 Å². The maximum atomic E-state index is 14.4. The fourth-order valence-electron chi connectivity index (χ4n) is 2.99. The number of hydrogen-bond acceptors (Lipinski definition) is 5. The van der Waals surface area contributed by atoms with Crippen molar-refractivity contribution in [2.24, 2.45) is 0 Å². The highest BCUT2D eigenvalue weighted by Crippen LogP contribution is 2.30. The summed E-state index contributed by atoms with van der Waals surface area (Å²) in [5.41, 5.74) is 1.44. The number of pyridine rings is 1. The Bertz CT molecular complexity index is 1180. The topological polar surface area (TPSA) is 87.8 Å². The van der Waals surface area contributed by atoms with E-state index < -0.39 is 15.8 Å². The lowest BCUT2D eigenvalue weighted by molar-refractivity contribution is 0.590. The molecule has 3 rings (SSSR count). The van der Waals surface area contributed by atoms with Crippen molar-refractivity contribution < 1.29 is 12.8 Å². The molecule has 1 aromatic carbocycles. The van der Waals surface area contributed by atoms with E-state index >= 15 is 0 Å². The van der Waals surface area contributed by atoms with E-state index in [9.17, 15) is 18.1 Å². The van der Waals surface area contributed by atoms with Crippen LogP contribution in [0.5, 0.6) is 0 Å². The fourth-order valence-corrected chi connectivity index (χ4v) is 4.36. The van der Waals surface area contributed by atoms with E-state index in [1.54, 1.807) is 43.7 Å². The van der Waals surface area contributed by atoms with Crippen LogP contribution in [-0.2, 0) is 16.6 Å². The smallest absolute Gasteiger partial charge is 0.243 e. The number of halogens is 1. The minimum Gasteiger partial charge on any atom is -0.316 e. The summed E-state index contributed by atoms with van der Waals surface area (Å²) in [6.07, 6.45) is 6.35. The summed E-state index contributed by atoms with van der Waals surface area (Å²) in [6, 6.07) is 12.9. The van der Waals surface area contributed by atoms with Crippen molar-refractivity contribution in [1.82, 2.24) is 14.3 Å². The first-order chi connectivity index (χ1) is 14.0. The average molecular weight is 410 g/mol. The molecule has 0 atom stereocenters. The maximum Gasteiger partial charge on any atom is 0.243 e. The molecule has 2 heterocycles. The molecule has 8 heteroatoms. The third-order valence-electron chi connectivity index (χ3n) is 4.24. The molecule has 0 aliphatic carbocycles. The number of hydrogen-bond donors (Lipinski definition) is 1. The first-order valence-electron chi connectivity index (χ1n) is 8.82. The van der Waals surface area contributed by atoms with Crippen LogP contribution in [0.15, 0.2) is 60.9 Å². The summed E-state index contributed by atoms with van der Waals surface area (Å²) >= 11 is 0. The van der Waals surface area contributed by atoms with Gasteiger partial charge in [0, 0.05) is 30.1 Å². The van der Waals surface area contributed by atoms with E-state index in [1.807, 2.05) is 6.07 Å². The zero-order valence-corrected chi connectivity index (χ0v) is 16.5. The summed E-state index contributed by atoms with van der Waals surface area (Å²) in [5.74, 6) is -0.918. The molecular formula is C21H19FN4O2S. The van der Waals surface area contributed by atoms with E-state index in [2.05, 4.69) is 10.3 Å². The summed E-state index contributed by atoms with van der Waals surface area (Å²) in [7, 11) is -2.29. The van der Waals surface area contributed by atoms with Gasteiger partial charge in [0.15, 0.2) is 0 Å². The van der Waals surface area contributed by atoms with Crippen LogP contribution in [0.1, 0.15) is 16.8 Å². The van der Waals surface area contributed by atoms with Crippen LogP contribution in [0.2, 0.25) is 0 Å². The first-order valence-corrected chi connectivity index (χ1v) is 10.4. The lowest BCUT2D eigenvalue weighted by atomic mass is 10.1. The molecule has 3 aromatic rings. The van der Waals surface area contributed by atoms with Crippen LogP contribution in [0.4, 0.5) is 4.39 Å². The van der Waals surface area contributed by atoms with Gasteiger partial charge >= 0.3 is 0 Å². The van der Waals surface area contributed by atoms with Crippen molar-refractivity contribution in [3.05, 3.63) is 83.6 Å². The van der Waals surface area contributed by atoms with Crippen molar-refractivity contribution in [3.8, 4) is 17.3 Å². The van der Waals surface area contributed by atoms with Crippen molar-refractivity contribution in [3.63, 3.8) is 0 Å². The Morgan fingerprint density at radius 2 is 2.07 bits per heavy atom. The normalized spacial score (nSPS) is 11.6. The van der Waals surface area contributed by atoms with Gasteiger partial charge in [-0.2, -0.15) is 5.26 Å². The second-order valence-corrected chi connectivity index (χ2v) is 8.12. The lowest BCUT2D eigenvalue weighted by Crippen LogP contribution is -2.19. The molecule has 0 saturated heterocycles. The molecule has 148 valence electrons. The molecule has 0 aliphatic rings. The molecule has 0 aliphatic heterocycles. The number of nitriles is 1. The van der Waals surface area contributed by atoms with Gasteiger partial charge in [-0.25, -0.2) is 16.8 Å². The number of rotatable bonds is 7. The predicted octanol–water partition coefficient (Wildman–Crippen LogP) is 3.17. The average Bonchev–Trinajstić information content (AvgIpc) is 3.08. The van der Waals surface area contributed by atoms with Crippen molar-refractivity contribution in [1.29, 1.82) is 5.26 Å². The van der Waals surface area contributed by atoms with Gasteiger partial charge in [-0.1, -0.05) is 30.4 Å². The van der Waals surface area contributed by atoms with E-state index in [0.29, 0.717) is 5.56 Å². The molecule has 0 radical (unpaired) electrons. The minimum absolute atomic E-state index is 0.0348. The van der Waals surface area contributed by atoms with E-state index in [4.69, 9.17) is 0 Å². The van der Waals surface area contributed by atoms with Crippen molar-refractivity contribution in [2.45, 2.75) is 6.54 Å². The van der Waals surface area contributed by atoms with Crippen LogP contribution in [0.25, 0.3) is 17.3 Å². The number of aromatic nitrogens is 2. The zero-order chi connectivity index (χ0) is 20.9. The Kier molecular flexibility index (Phi) is 6.22. The zero-order valence-electron chi connectivity index (χ0n) is 15.7. The molecular weight excluding hydrogens is 391 g/mol. The van der Waals surface area contributed by atoms with Crippen LogP contribution >= 0.6 is 0 Å². The van der Waals surface area contributed by atoms with E-state index in [1.165, 1.54) is 30.3 Å². The Morgan fingerprint density at radius 1 is 1.28 bits per heavy atom. The molecule has 0 spiro atoms. The highest BCUT2D eigenvalue weighted by Gasteiger charge is 2.25. The quantitative estimate of drug-likeness (QED) is 0.646. The van der Waals surface area contributed by atoms with Gasteiger partial charge in [0.1, 0.15) is 17.6 Å². The van der Waals surface area contributed by atoms with Crippen LogP contribution in [0.3, 0.4) is 0 Å². The third-order valence-corrected chi connectivity index (χ3v) is 5.79. The molecule has 6 nitrogen and oxygen atoms in total. The summed E-state index contributed by atoms with van der Waals surface area (Å²) in [4.78, 5) is 3.98. The Hall–Kier alpha value is -3.28. The molecule has 0 unspecified atom stereocenters. The predicted molar refractivity (Wildman–Crippen MR) is 110 cm³/mol. The van der Waals surface area contributed by atoms with Crippen LogP contribution in [0, 0.1) is 17.1 Å². The summed E-state index contributed by atoms with van der Waals surface area (Å²) in [6.45, 7) is 0.276. The number of nitrogens with one attached hydrogen (secondary N) is 1. The number of benzene rings is 1. The highest BCUT2D eigenvalue weighted by atomic mass is 32.2. The molecule has 0 saturated carbocycles. The van der Waals surface area contributed by atoms with Gasteiger partial charge in [-0.05, 0) is 36.9 Å². The second-order valence-electron chi connectivity index (χ2n) is 6.26. The molecule has 2 aromatic heterocycles. The molecule has 1 N–H and O–H groups in total. The highest BCUT2D eigenvalue weighted by molar-refractivity contribution is 7.90. The van der Waals surface area contributed by atoms with Crippen molar-refractivity contribution in [2.75, 3.05) is 12.8 Å². The van der Waals surface area contributed by atoms with Gasteiger partial charge in [-0.3, -0.25) is 4.98 Å². The molecule has 29 heavy (non-hydrogen) atoms. The van der Waals surface area contributed by atoms with Gasteiger partial charge in [0.2, 0.25) is 10.0 Å². The molecule has 0 amide bonds. The standard InChI is InChI=1S/C21H19FN4O2S/c1-24-15-17-12-20(18-8-2-3-9-19(18)22)26(21(17)13-23)29(27,28)11-5-7-16-6-4-10-25-14-16/h2-10,12,14,24H,11,15H2,1H3. The van der Waals surface area contributed by atoms with Crippen molar-refractivity contribution >= 4 is 16.1 Å². The summed E-state index contributed by atoms with van der Waals surface area (Å²) in [5, 5.41) is 12.5. The summed E-state index contributed by atoms with van der Waals surface area (Å²) < 4.78 is 41.6. The molecule has 0 fully saturated rings. The first kappa shape index (κ1) is 20.5. The van der Waals surface area contributed by atoms with Crippen LogP contribution in [-0.4, -0.2) is 30.2 Å². The lowest BCUT2D eigenvalue weighted by Gasteiger charge is -2.11. The Balaban J connectivity index is 2.10. The van der Waals surface area contributed by atoms with E-state index in [0.717, 1.165) is 9.54 Å². The largest absolute Gasteiger partial charge is 0.316 e. The van der Waals surface area contributed by atoms with Gasteiger partial charge in [0.25, 0.3) is 0 Å². The van der Waals surface area contributed by atoms with Gasteiger partial charge < -0.3 is 5.32 Å². The van der Waals surface area contributed by atoms with Crippen LogP contribution < -0.4 is 5.32 Å². The molecule has 0 bridgehead atoms. The minimum atomic E-state index is -3.97. The third kappa shape index (κ3) is 4.42.